The molecule has 0 heterocycles. The van der Waals surface area contributed by atoms with Crippen molar-refractivity contribution >= 4 is 5.78 Å². The highest BCUT2D eigenvalue weighted by atomic mass is 16.1. The molecule has 0 fully saturated rings. The monoisotopic (exact) mass is 219 g/mol. The number of carbonyl (C=O) groups excluding carboxylic acids is 1. The Hall–Kier alpha value is -1.15. The molecular formula is C14H21NO. The van der Waals surface area contributed by atoms with Crippen molar-refractivity contribution in [3.8, 4) is 0 Å². The molecule has 0 spiro atoms. The normalized spacial score (nSPS) is 12.8. The van der Waals surface area contributed by atoms with Gasteiger partial charge in [0.15, 0.2) is 5.78 Å². The van der Waals surface area contributed by atoms with E-state index in [0.717, 1.165) is 18.4 Å². The van der Waals surface area contributed by atoms with Gasteiger partial charge in [0.1, 0.15) is 0 Å². The molecule has 0 saturated carbocycles. The third kappa shape index (κ3) is 3.46. The number of carbonyl (C=O) groups is 1. The van der Waals surface area contributed by atoms with Gasteiger partial charge in [-0.25, -0.2) is 0 Å². The predicted octanol–water partition coefficient (Wildman–Crippen LogP) is 2.56. The van der Waals surface area contributed by atoms with Gasteiger partial charge in [-0.1, -0.05) is 44.2 Å². The quantitative estimate of drug-likeness (QED) is 0.799. The molecule has 2 heteroatoms. The molecular weight excluding hydrogens is 198 g/mol. The van der Waals surface area contributed by atoms with Gasteiger partial charge in [0.25, 0.3) is 0 Å². The second-order valence-electron chi connectivity index (χ2n) is 4.21. The first-order valence-corrected chi connectivity index (χ1v) is 6.02. The SMILES string of the molecule is CCC(CC)C(=O)[C@@H](N)Cc1ccccc1. The van der Waals surface area contributed by atoms with Crippen molar-refractivity contribution in [3.05, 3.63) is 35.9 Å². The van der Waals surface area contributed by atoms with E-state index in [1.807, 2.05) is 44.2 Å². The van der Waals surface area contributed by atoms with Gasteiger partial charge in [-0.3, -0.25) is 4.79 Å². The molecule has 0 amide bonds. The molecule has 0 aliphatic heterocycles. The Labute approximate surface area is 97.9 Å². The summed E-state index contributed by atoms with van der Waals surface area (Å²) in [7, 11) is 0. The van der Waals surface area contributed by atoms with Crippen LogP contribution in [0.15, 0.2) is 30.3 Å². The van der Waals surface area contributed by atoms with E-state index in [2.05, 4.69) is 0 Å². The molecule has 2 N–H and O–H groups in total. The summed E-state index contributed by atoms with van der Waals surface area (Å²) in [5, 5.41) is 0. The number of hydrogen-bond acceptors (Lipinski definition) is 2. The number of Topliss-reactive ketones (excluding diaryl/α,β-unsaturated/α-hetero) is 1. The second kappa shape index (κ2) is 6.44. The van der Waals surface area contributed by atoms with Gasteiger partial charge < -0.3 is 5.73 Å². The van der Waals surface area contributed by atoms with E-state index in [4.69, 9.17) is 5.73 Å². The molecule has 0 unspecified atom stereocenters. The van der Waals surface area contributed by atoms with Crippen LogP contribution in [0.3, 0.4) is 0 Å². The summed E-state index contributed by atoms with van der Waals surface area (Å²) in [6, 6.07) is 9.60. The van der Waals surface area contributed by atoms with Crippen molar-refractivity contribution in [2.45, 2.75) is 39.2 Å². The lowest BCUT2D eigenvalue weighted by Crippen LogP contribution is -2.37. The van der Waals surface area contributed by atoms with Gasteiger partial charge in [0.2, 0.25) is 0 Å². The Bertz CT molecular complexity index is 317. The third-order valence-electron chi connectivity index (χ3n) is 3.05. The zero-order chi connectivity index (χ0) is 12.0. The predicted molar refractivity (Wildman–Crippen MR) is 67.2 cm³/mol. The van der Waals surface area contributed by atoms with Gasteiger partial charge in [-0.15, -0.1) is 0 Å². The first-order chi connectivity index (χ1) is 7.69. The summed E-state index contributed by atoms with van der Waals surface area (Å²) in [5.74, 6) is 0.326. The Morgan fingerprint density at radius 2 is 1.75 bits per heavy atom. The second-order valence-corrected chi connectivity index (χ2v) is 4.21. The largest absolute Gasteiger partial charge is 0.321 e. The number of hydrogen-bond donors (Lipinski definition) is 1. The van der Waals surface area contributed by atoms with Crippen LogP contribution in [0, 0.1) is 5.92 Å². The first-order valence-electron chi connectivity index (χ1n) is 6.02. The lowest BCUT2D eigenvalue weighted by Gasteiger charge is -2.17. The van der Waals surface area contributed by atoms with E-state index in [1.54, 1.807) is 0 Å². The van der Waals surface area contributed by atoms with Crippen LogP contribution in [-0.4, -0.2) is 11.8 Å². The average molecular weight is 219 g/mol. The summed E-state index contributed by atoms with van der Waals surface area (Å²) in [5.41, 5.74) is 7.09. The van der Waals surface area contributed by atoms with Gasteiger partial charge in [0.05, 0.1) is 6.04 Å². The summed E-state index contributed by atoms with van der Waals surface area (Å²) >= 11 is 0. The van der Waals surface area contributed by atoms with E-state index in [0.29, 0.717) is 6.42 Å². The maximum Gasteiger partial charge on any atom is 0.152 e. The Morgan fingerprint density at radius 1 is 1.19 bits per heavy atom. The third-order valence-corrected chi connectivity index (χ3v) is 3.05. The molecule has 1 rings (SSSR count). The number of nitrogens with two attached hydrogens (primary N) is 1. The van der Waals surface area contributed by atoms with E-state index < -0.39 is 0 Å². The van der Waals surface area contributed by atoms with Gasteiger partial charge in [-0.05, 0) is 24.8 Å². The molecule has 2 nitrogen and oxygen atoms in total. The number of ketones is 1. The number of benzene rings is 1. The fraction of sp³-hybridized carbons (Fsp3) is 0.500. The van der Waals surface area contributed by atoms with Crippen LogP contribution in [-0.2, 0) is 11.2 Å². The minimum atomic E-state index is -0.354. The smallest absolute Gasteiger partial charge is 0.152 e. The first kappa shape index (κ1) is 12.9. The Morgan fingerprint density at radius 3 is 2.25 bits per heavy atom. The molecule has 16 heavy (non-hydrogen) atoms. The Balaban J connectivity index is 2.58. The maximum absolute atomic E-state index is 12.0. The van der Waals surface area contributed by atoms with Gasteiger partial charge in [0, 0.05) is 5.92 Å². The highest BCUT2D eigenvalue weighted by molar-refractivity contribution is 5.86. The molecule has 1 atom stereocenters. The molecule has 88 valence electrons. The molecule has 0 saturated heterocycles. The van der Waals surface area contributed by atoms with Crippen LogP contribution in [0.25, 0.3) is 0 Å². The van der Waals surface area contributed by atoms with E-state index in [9.17, 15) is 4.79 Å². The highest BCUT2D eigenvalue weighted by Gasteiger charge is 2.21. The molecule has 0 aliphatic carbocycles. The summed E-state index contributed by atoms with van der Waals surface area (Å²) in [6.07, 6.45) is 2.42. The van der Waals surface area contributed by atoms with Crippen LogP contribution in [0.5, 0.6) is 0 Å². The topological polar surface area (TPSA) is 43.1 Å². The minimum absolute atomic E-state index is 0.124. The molecule has 0 aromatic heterocycles. The maximum atomic E-state index is 12.0. The van der Waals surface area contributed by atoms with E-state index >= 15 is 0 Å². The molecule has 0 bridgehead atoms. The summed E-state index contributed by atoms with van der Waals surface area (Å²) in [6.45, 7) is 4.09. The van der Waals surface area contributed by atoms with E-state index in [-0.39, 0.29) is 17.7 Å². The Kier molecular flexibility index (Phi) is 5.20. The zero-order valence-electron chi connectivity index (χ0n) is 10.1. The lowest BCUT2D eigenvalue weighted by atomic mass is 9.90. The van der Waals surface area contributed by atoms with Crippen molar-refractivity contribution in [2.75, 3.05) is 0 Å². The van der Waals surface area contributed by atoms with Crippen molar-refractivity contribution < 1.29 is 4.79 Å². The lowest BCUT2D eigenvalue weighted by molar-refractivity contribution is -0.124. The van der Waals surface area contributed by atoms with Crippen molar-refractivity contribution in [1.29, 1.82) is 0 Å². The van der Waals surface area contributed by atoms with Crippen molar-refractivity contribution in [2.24, 2.45) is 11.7 Å². The van der Waals surface area contributed by atoms with Crippen LogP contribution in [0.4, 0.5) is 0 Å². The zero-order valence-corrected chi connectivity index (χ0v) is 10.1. The summed E-state index contributed by atoms with van der Waals surface area (Å²) in [4.78, 5) is 12.0. The fourth-order valence-corrected chi connectivity index (χ4v) is 1.96. The van der Waals surface area contributed by atoms with Crippen LogP contribution >= 0.6 is 0 Å². The average Bonchev–Trinajstić information content (AvgIpc) is 2.31. The van der Waals surface area contributed by atoms with Crippen molar-refractivity contribution in [3.63, 3.8) is 0 Å². The standard InChI is InChI=1S/C14H21NO/c1-3-12(4-2)14(16)13(15)10-11-8-6-5-7-9-11/h5-9,12-13H,3-4,10,15H2,1-2H3/t13-/m0/s1. The highest BCUT2D eigenvalue weighted by Crippen LogP contribution is 2.13. The van der Waals surface area contributed by atoms with Gasteiger partial charge in [-0.2, -0.15) is 0 Å². The van der Waals surface area contributed by atoms with Crippen LogP contribution in [0.2, 0.25) is 0 Å². The number of rotatable bonds is 6. The van der Waals surface area contributed by atoms with Crippen LogP contribution < -0.4 is 5.73 Å². The molecule has 0 aliphatic rings. The minimum Gasteiger partial charge on any atom is -0.321 e. The molecule has 1 aromatic rings. The van der Waals surface area contributed by atoms with E-state index in [1.165, 1.54) is 0 Å². The van der Waals surface area contributed by atoms with Crippen LogP contribution in [0.1, 0.15) is 32.3 Å². The fourth-order valence-electron chi connectivity index (χ4n) is 1.96. The molecule has 0 radical (unpaired) electrons. The summed E-state index contributed by atoms with van der Waals surface area (Å²) < 4.78 is 0. The molecule has 1 aromatic carbocycles. The van der Waals surface area contributed by atoms with Gasteiger partial charge >= 0.3 is 0 Å². The van der Waals surface area contributed by atoms with Crippen molar-refractivity contribution in [1.82, 2.24) is 0 Å².